The van der Waals surface area contributed by atoms with Gasteiger partial charge in [-0.25, -0.2) is 0 Å². The average Bonchev–Trinajstić information content (AvgIpc) is 2.38. The molecule has 1 rings (SSSR count). The van der Waals surface area contributed by atoms with E-state index < -0.39 is 0 Å². The van der Waals surface area contributed by atoms with Gasteiger partial charge in [-0.05, 0) is 18.4 Å². The van der Waals surface area contributed by atoms with E-state index in [0.717, 1.165) is 25.5 Å². The summed E-state index contributed by atoms with van der Waals surface area (Å²) in [5.74, 6) is 0.898. The minimum atomic E-state index is 0. The van der Waals surface area contributed by atoms with Crippen LogP contribution in [0.25, 0.3) is 0 Å². The lowest BCUT2D eigenvalue weighted by Crippen LogP contribution is -2.38. The zero-order valence-electron chi connectivity index (χ0n) is 11.3. The van der Waals surface area contributed by atoms with Crippen LogP contribution in [0.5, 0.6) is 0 Å². The SMILES string of the molecule is CCCCNC(=NC)NCCc1ccccc1.I. The predicted octanol–water partition coefficient (Wildman–Crippen LogP) is 2.81. The van der Waals surface area contributed by atoms with Crippen molar-refractivity contribution in [1.82, 2.24) is 10.6 Å². The van der Waals surface area contributed by atoms with Crippen molar-refractivity contribution in [2.24, 2.45) is 4.99 Å². The van der Waals surface area contributed by atoms with Crippen molar-refractivity contribution in [3.63, 3.8) is 0 Å². The third-order valence-electron chi connectivity index (χ3n) is 2.60. The number of hydrogen-bond acceptors (Lipinski definition) is 1. The molecule has 0 saturated heterocycles. The first kappa shape index (κ1) is 17.2. The fourth-order valence-electron chi connectivity index (χ4n) is 1.57. The van der Waals surface area contributed by atoms with Crippen LogP contribution >= 0.6 is 24.0 Å². The predicted molar refractivity (Wildman–Crippen MR) is 89.8 cm³/mol. The van der Waals surface area contributed by atoms with Crippen LogP contribution in [0.3, 0.4) is 0 Å². The smallest absolute Gasteiger partial charge is 0.190 e. The number of nitrogens with zero attached hydrogens (tertiary/aromatic N) is 1. The number of halogens is 1. The van der Waals surface area contributed by atoms with Crippen LogP contribution < -0.4 is 10.6 Å². The summed E-state index contributed by atoms with van der Waals surface area (Å²) in [5, 5.41) is 6.61. The van der Waals surface area contributed by atoms with Gasteiger partial charge in [0.05, 0.1) is 0 Å². The molecule has 0 aliphatic heterocycles. The summed E-state index contributed by atoms with van der Waals surface area (Å²) < 4.78 is 0. The Morgan fingerprint density at radius 2 is 1.78 bits per heavy atom. The topological polar surface area (TPSA) is 36.4 Å². The number of benzene rings is 1. The maximum atomic E-state index is 4.19. The van der Waals surface area contributed by atoms with E-state index in [0.29, 0.717) is 0 Å². The van der Waals surface area contributed by atoms with Gasteiger partial charge in [0, 0.05) is 20.1 Å². The van der Waals surface area contributed by atoms with Crippen LogP contribution in [0.1, 0.15) is 25.3 Å². The van der Waals surface area contributed by atoms with Gasteiger partial charge in [0.25, 0.3) is 0 Å². The maximum Gasteiger partial charge on any atom is 0.190 e. The van der Waals surface area contributed by atoms with Gasteiger partial charge in [0.2, 0.25) is 0 Å². The molecule has 0 aliphatic carbocycles. The lowest BCUT2D eigenvalue weighted by Gasteiger charge is -2.11. The molecule has 0 heterocycles. The van der Waals surface area contributed by atoms with Gasteiger partial charge in [-0.2, -0.15) is 0 Å². The van der Waals surface area contributed by atoms with Crippen LogP contribution in [0.15, 0.2) is 35.3 Å². The third kappa shape index (κ3) is 7.53. The van der Waals surface area contributed by atoms with Crippen LogP contribution in [0.2, 0.25) is 0 Å². The zero-order chi connectivity index (χ0) is 12.3. The Morgan fingerprint density at radius 1 is 1.11 bits per heavy atom. The van der Waals surface area contributed by atoms with Crippen molar-refractivity contribution in [3.05, 3.63) is 35.9 Å². The first-order valence-electron chi connectivity index (χ1n) is 6.35. The lowest BCUT2D eigenvalue weighted by atomic mass is 10.1. The van der Waals surface area contributed by atoms with E-state index in [1.165, 1.54) is 18.4 Å². The van der Waals surface area contributed by atoms with E-state index in [9.17, 15) is 0 Å². The van der Waals surface area contributed by atoms with E-state index in [2.05, 4.69) is 46.8 Å². The molecule has 0 atom stereocenters. The standard InChI is InChI=1S/C14H23N3.HI/c1-3-4-11-16-14(15-2)17-12-10-13-8-6-5-7-9-13;/h5-9H,3-4,10-12H2,1-2H3,(H2,15,16,17);1H. The highest BCUT2D eigenvalue weighted by atomic mass is 127. The molecule has 1 aromatic rings. The third-order valence-corrected chi connectivity index (χ3v) is 2.60. The minimum absolute atomic E-state index is 0. The van der Waals surface area contributed by atoms with Crippen molar-refractivity contribution >= 4 is 29.9 Å². The molecule has 0 spiro atoms. The van der Waals surface area contributed by atoms with Gasteiger partial charge in [-0.1, -0.05) is 43.7 Å². The average molecular weight is 361 g/mol. The molecule has 4 heteroatoms. The molecule has 0 fully saturated rings. The monoisotopic (exact) mass is 361 g/mol. The number of guanidine groups is 1. The van der Waals surface area contributed by atoms with Crippen molar-refractivity contribution in [2.45, 2.75) is 26.2 Å². The Kier molecular flexibility index (Phi) is 10.8. The van der Waals surface area contributed by atoms with Crippen LogP contribution in [0.4, 0.5) is 0 Å². The zero-order valence-corrected chi connectivity index (χ0v) is 13.6. The van der Waals surface area contributed by atoms with Gasteiger partial charge in [-0.15, -0.1) is 24.0 Å². The summed E-state index contributed by atoms with van der Waals surface area (Å²) in [6.07, 6.45) is 3.41. The Morgan fingerprint density at radius 3 is 2.39 bits per heavy atom. The molecule has 18 heavy (non-hydrogen) atoms. The minimum Gasteiger partial charge on any atom is -0.356 e. The molecule has 0 unspecified atom stereocenters. The van der Waals surface area contributed by atoms with Crippen molar-refractivity contribution < 1.29 is 0 Å². The molecular formula is C14H24IN3. The van der Waals surface area contributed by atoms with Gasteiger partial charge in [0.1, 0.15) is 0 Å². The summed E-state index contributed by atoms with van der Waals surface area (Å²) in [6.45, 7) is 4.09. The Balaban J connectivity index is 0.00000289. The largest absolute Gasteiger partial charge is 0.356 e. The van der Waals surface area contributed by atoms with E-state index >= 15 is 0 Å². The maximum absolute atomic E-state index is 4.19. The molecule has 3 nitrogen and oxygen atoms in total. The Labute approximate surface area is 127 Å². The van der Waals surface area contributed by atoms with Gasteiger partial charge in [0.15, 0.2) is 5.96 Å². The normalized spacial score (nSPS) is 10.7. The molecule has 0 aromatic heterocycles. The second kappa shape index (κ2) is 11.3. The first-order valence-corrected chi connectivity index (χ1v) is 6.35. The highest BCUT2D eigenvalue weighted by Gasteiger charge is 1.96. The second-order valence-corrected chi connectivity index (χ2v) is 4.01. The summed E-state index contributed by atoms with van der Waals surface area (Å²) in [6, 6.07) is 10.5. The summed E-state index contributed by atoms with van der Waals surface area (Å²) in [7, 11) is 1.81. The second-order valence-electron chi connectivity index (χ2n) is 4.01. The molecule has 1 aromatic carbocycles. The first-order chi connectivity index (χ1) is 8.36. The molecule has 0 radical (unpaired) electrons. The Bertz CT molecular complexity index is 325. The van der Waals surface area contributed by atoms with Crippen LogP contribution in [-0.4, -0.2) is 26.1 Å². The number of rotatable bonds is 6. The fraction of sp³-hybridized carbons (Fsp3) is 0.500. The van der Waals surface area contributed by atoms with Gasteiger partial charge >= 0.3 is 0 Å². The Hall–Kier alpha value is -0.780. The summed E-state index contributed by atoms with van der Waals surface area (Å²) in [5.41, 5.74) is 1.35. The summed E-state index contributed by atoms with van der Waals surface area (Å²) >= 11 is 0. The molecule has 0 bridgehead atoms. The van der Waals surface area contributed by atoms with Crippen molar-refractivity contribution in [1.29, 1.82) is 0 Å². The quantitative estimate of drug-likeness (QED) is 0.354. The molecule has 0 amide bonds. The van der Waals surface area contributed by atoms with E-state index in [4.69, 9.17) is 0 Å². The fourth-order valence-corrected chi connectivity index (χ4v) is 1.57. The highest BCUT2D eigenvalue weighted by molar-refractivity contribution is 14.0. The molecule has 0 saturated carbocycles. The van der Waals surface area contributed by atoms with Gasteiger partial charge < -0.3 is 10.6 Å². The molecule has 2 N–H and O–H groups in total. The van der Waals surface area contributed by atoms with Crippen molar-refractivity contribution in [2.75, 3.05) is 20.1 Å². The van der Waals surface area contributed by atoms with Crippen LogP contribution in [0, 0.1) is 0 Å². The van der Waals surface area contributed by atoms with Crippen molar-refractivity contribution in [3.8, 4) is 0 Å². The van der Waals surface area contributed by atoms with E-state index in [1.807, 2.05) is 13.1 Å². The van der Waals surface area contributed by atoms with E-state index in [-0.39, 0.29) is 24.0 Å². The number of aliphatic imine (C=N–C) groups is 1. The number of unbranched alkanes of at least 4 members (excludes halogenated alkanes) is 1. The summed E-state index contributed by atoms with van der Waals surface area (Å²) in [4.78, 5) is 4.19. The number of nitrogens with one attached hydrogen (secondary N) is 2. The lowest BCUT2D eigenvalue weighted by molar-refractivity contribution is 0.727. The van der Waals surface area contributed by atoms with Crippen LogP contribution in [-0.2, 0) is 6.42 Å². The molecular weight excluding hydrogens is 337 g/mol. The van der Waals surface area contributed by atoms with Gasteiger partial charge in [-0.3, -0.25) is 4.99 Å². The number of hydrogen-bond donors (Lipinski definition) is 2. The highest BCUT2D eigenvalue weighted by Crippen LogP contribution is 1.97. The molecule has 0 aliphatic rings. The molecule has 102 valence electrons. The van der Waals surface area contributed by atoms with E-state index in [1.54, 1.807) is 0 Å².